The largest absolute Gasteiger partial charge is 0.497 e. The summed E-state index contributed by atoms with van der Waals surface area (Å²) < 4.78 is 22.4. The number of ether oxygens (including phenoxy) is 4. The first kappa shape index (κ1) is 28.0. The Morgan fingerprint density at radius 2 is 1.33 bits per heavy atom. The van der Waals surface area contributed by atoms with Gasteiger partial charge in [0.05, 0.1) is 28.4 Å². The van der Waals surface area contributed by atoms with Crippen LogP contribution in [0.3, 0.4) is 0 Å². The van der Waals surface area contributed by atoms with Gasteiger partial charge in [-0.05, 0) is 53.1 Å². The van der Waals surface area contributed by atoms with Crippen LogP contribution in [0.2, 0.25) is 0 Å². The quantitative estimate of drug-likeness (QED) is 0.345. The molecule has 1 fully saturated rings. The number of hydrogen-bond acceptors (Lipinski definition) is 6. The fourth-order valence-corrected chi connectivity index (χ4v) is 4.89. The summed E-state index contributed by atoms with van der Waals surface area (Å²) in [6.07, 6.45) is 1.67. The minimum atomic E-state index is -0.162. The summed E-state index contributed by atoms with van der Waals surface area (Å²) in [5.41, 5.74) is 3.05. The van der Waals surface area contributed by atoms with Gasteiger partial charge in [0.1, 0.15) is 5.75 Å². The van der Waals surface area contributed by atoms with E-state index in [9.17, 15) is 9.59 Å². The second-order valence-electron chi connectivity index (χ2n) is 8.83. The molecule has 0 aliphatic carbocycles. The van der Waals surface area contributed by atoms with E-state index in [1.54, 1.807) is 35.1 Å². The molecule has 0 spiro atoms. The molecule has 39 heavy (non-hydrogen) atoms. The van der Waals surface area contributed by atoms with E-state index in [-0.39, 0.29) is 11.8 Å². The number of piperazine rings is 1. The molecular weight excluding hydrogens is 564 g/mol. The maximum atomic E-state index is 13.4. The molecule has 8 nitrogen and oxygen atoms in total. The highest BCUT2D eigenvalue weighted by atomic mass is 79.9. The molecule has 4 rings (SSSR count). The Kier molecular flexibility index (Phi) is 9.14. The Morgan fingerprint density at radius 1 is 0.718 bits per heavy atom. The van der Waals surface area contributed by atoms with Gasteiger partial charge in [-0.2, -0.15) is 0 Å². The van der Waals surface area contributed by atoms with Crippen molar-refractivity contribution in [1.29, 1.82) is 0 Å². The zero-order valence-corrected chi connectivity index (χ0v) is 24.0. The highest BCUT2D eigenvalue weighted by molar-refractivity contribution is 9.10. The lowest BCUT2D eigenvalue weighted by atomic mass is 9.97. The van der Waals surface area contributed by atoms with Crippen molar-refractivity contribution < 1.29 is 28.5 Å². The van der Waals surface area contributed by atoms with E-state index in [0.29, 0.717) is 49.0 Å². The van der Waals surface area contributed by atoms with Gasteiger partial charge in [-0.15, -0.1) is 0 Å². The van der Waals surface area contributed by atoms with E-state index >= 15 is 0 Å². The Hall–Kier alpha value is -3.98. The number of hydrogen-bond donors (Lipinski definition) is 0. The van der Waals surface area contributed by atoms with Crippen LogP contribution in [0, 0.1) is 0 Å². The molecule has 0 aromatic heterocycles. The molecule has 0 unspecified atom stereocenters. The zero-order chi connectivity index (χ0) is 27.9. The normalized spacial score (nSPS) is 13.6. The van der Waals surface area contributed by atoms with Crippen molar-refractivity contribution >= 4 is 33.3 Å². The summed E-state index contributed by atoms with van der Waals surface area (Å²) in [5, 5.41) is 0. The molecule has 1 aliphatic rings. The first-order valence-corrected chi connectivity index (χ1v) is 13.2. The highest BCUT2D eigenvalue weighted by Crippen LogP contribution is 2.38. The third-order valence-corrected chi connectivity index (χ3v) is 7.09. The summed E-state index contributed by atoms with van der Waals surface area (Å²) in [5.74, 6) is 1.73. The van der Waals surface area contributed by atoms with Gasteiger partial charge in [0.25, 0.3) is 5.91 Å². The number of carbonyl (C=O) groups excluding carboxylic acids is 2. The van der Waals surface area contributed by atoms with Crippen LogP contribution in [-0.2, 0) is 4.79 Å². The van der Waals surface area contributed by atoms with Gasteiger partial charge in [0.15, 0.2) is 11.5 Å². The maximum absolute atomic E-state index is 13.4. The van der Waals surface area contributed by atoms with Crippen molar-refractivity contribution in [2.75, 3.05) is 54.6 Å². The lowest BCUT2D eigenvalue weighted by Gasteiger charge is -2.34. The number of nitrogens with zero attached hydrogens (tertiary/aromatic N) is 2. The van der Waals surface area contributed by atoms with E-state index < -0.39 is 0 Å². The van der Waals surface area contributed by atoms with E-state index in [2.05, 4.69) is 15.9 Å². The van der Waals surface area contributed by atoms with Gasteiger partial charge in [-0.25, -0.2) is 0 Å². The van der Waals surface area contributed by atoms with Gasteiger partial charge < -0.3 is 28.7 Å². The van der Waals surface area contributed by atoms with Gasteiger partial charge in [-0.3, -0.25) is 9.59 Å². The van der Waals surface area contributed by atoms with E-state index in [1.807, 2.05) is 48.5 Å². The second kappa shape index (κ2) is 12.7. The number of benzene rings is 3. The second-order valence-corrected chi connectivity index (χ2v) is 9.74. The Morgan fingerprint density at radius 3 is 1.87 bits per heavy atom. The number of carbonyl (C=O) groups is 2. The van der Waals surface area contributed by atoms with Crippen LogP contribution in [0.1, 0.15) is 21.5 Å². The molecule has 204 valence electrons. The smallest absolute Gasteiger partial charge is 0.254 e. The van der Waals surface area contributed by atoms with Crippen LogP contribution in [-0.4, -0.2) is 76.2 Å². The molecule has 1 heterocycles. The first-order valence-electron chi connectivity index (χ1n) is 12.4. The zero-order valence-electron chi connectivity index (χ0n) is 22.4. The van der Waals surface area contributed by atoms with Crippen LogP contribution >= 0.6 is 15.9 Å². The predicted molar refractivity (Wildman–Crippen MR) is 153 cm³/mol. The third-order valence-electron chi connectivity index (χ3n) is 6.59. The molecule has 9 heteroatoms. The average Bonchev–Trinajstić information content (AvgIpc) is 2.98. The summed E-state index contributed by atoms with van der Waals surface area (Å²) in [6.45, 7) is 1.65. The van der Waals surface area contributed by atoms with Crippen LogP contribution in [0.15, 0.2) is 71.2 Å². The van der Waals surface area contributed by atoms with Crippen LogP contribution in [0.5, 0.6) is 23.0 Å². The number of amides is 2. The van der Waals surface area contributed by atoms with Crippen molar-refractivity contribution in [2.24, 2.45) is 0 Å². The molecular formula is C30H31BrN2O6. The van der Waals surface area contributed by atoms with Crippen molar-refractivity contribution in [2.45, 2.75) is 0 Å². The predicted octanol–water partition coefficient (Wildman–Crippen LogP) is 4.90. The molecule has 0 N–H and O–H groups in total. The molecule has 1 aliphatic heterocycles. The molecule has 0 bridgehead atoms. The van der Waals surface area contributed by atoms with E-state index in [1.165, 1.54) is 21.3 Å². The molecule has 3 aromatic carbocycles. The fraction of sp³-hybridized carbons (Fsp3) is 0.267. The van der Waals surface area contributed by atoms with Crippen molar-refractivity contribution in [1.82, 2.24) is 9.80 Å². The van der Waals surface area contributed by atoms with Gasteiger partial charge in [-0.1, -0.05) is 40.2 Å². The topological polar surface area (TPSA) is 77.5 Å². The third kappa shape index (κ3) is 6.37. The van der Waals surface area contributed by atoms with Gasteiger partial charge in [0.2, 0.25) is 11.7 Å². The molecule has 0 saturated carbocycles. The lowest BCUT2D eigenvalue weighted by Crippen LogP contribution is -2.50. The minimum Gasteiger partial charge on any atom is -0.497 e. The first-order chi connectivity index (χ1) is 18.9. The maximum Gasteiger partial charge on any atom is 0.254 e. The molecule has 2 amide bonds. The SMILES string of the molecule is COc1ccc(/C(=C/C(=O)N2CCN(C(=O)c3cc(OC)c(OC)c(OC)c3)CC2)c2cccc(Br)c2)cc1. The minimum absolute atomic E-state index is 0.110. The van der Waals surface area contributed by atoms with Crippen molar-refractivity contribution in [3.8, 4) is 23.0 Å². The average molecular weight is 595 g/mol. The molecule has 0 atom stereocenters. The Balaban J connectivity index is 1.52. The van der Waals surface area contributed by atoms with Crippen molar-refractivity contribution in [3.05, 3.63) is 87.9 Å². The summed E-state index contributed by atoms with van der Waals surface area (Å²) in [7, 11) is 6.16. The van der Waals surface area contributed by atoms with E-state index in [0.717, 1.165) is 26.9 Å². The van der Waals surface area contributed by atoms with Crippen LogP contribution < -0.4 is 18.9 Å². The Labute approximate surface area is 236 Å². The standard InChI is InChI=1S/C30H31BrN2O6/c1-36-24-10-8-20(9-11-24)25(21-6-5-7-23(31)16-21)19-28(34)32-12-14-33(15-13-32)30(35)22-17-26(37-2)29(39-4)27(18-22)38-3/h5-11,16-19H,12-15H2,1-4H3/b25-19-. The van der Waals surface area contributed by atoms with Crippen molar-refractivity contribution in [3.63, 3.8) is 0 Å². The Bertz CT molecular complexity index is 1340. The summed E-state index contributed by atoms with van der Waals surface area (Å²) >= 11 is 3.53. The van der Waals surface area contributed by atoms with Gasteiger partial charge >= 0.3 is 0 Å². The van der Waals surface area contributed by atoms with Crippen LogP contribution in [0.25, 0.3) is 5.57 Å². The number of halogens is 1. The summed E-state index contributed by atoms with van der Waals surface area (Å²) in [6, 6.07) is 18.7. The van der Waals surface area contributed by atoms with E-state index in [4.69, 9.17) is 18.9 Å². The highest BCUT2D eigenvalue weighted by Gasteiger charge is 2.26. The molecule has 0 radical (unpaired) electrons. The fourth-order valence-electron chi connectivity index (χ4n) is 4.49. The van der Waals surface area contributed by atoms with Crippen LogP contribution in [0.4, 0.5) is 0 Å². The van der Waals surface area contributed by atoms with Gasteiger partial charge in [0, 0.05) is 42.3 Å². The number of rotatable bonds is 8. The number of methoxy groups -OCH3 is 4. The molecule has 3 aromatic rings. The molecule has 1 saturated heterocycles. The monoisotopic (exact) mass is 594 g/mol. The lowest BCUT2D eigenvalue weighted by molar-refractivity contribution is -0.127. The summed E-state index contributed by atoms with van der Waals surface area (Å²) in [4.78, 5) is 30.2.